The minimum atomic E-state index is -0.467. The fourth-order valence-corrected chi connectivity index (χ4v) is 2.91. The first-order valence-corrected chi connectivity index (χ1v) is 6.88. The summed E-state index contributed by atoms with van der Waals surface area (Å²) in [7, 11) is 1.66. The Morgan fingerprint density at radius 3 is 2.74 bits per heavy atom. The van der Waals surface area contributed by atoms with E-state index in [0.29, 0.717) is 12.3 Å². The highest BCUT2D eigenvalue weighted by molar-refractivity contribution is 7.15. The van der Waals surface area contributed by atoms with Crippen LogP contribution in [0.4, 0.5) is 0 Å². The summed E-state index contributed by atoms with van der Waals surface area (Å²) in [5, 5.41) is 0.835. The van der Waals surface area contributed by atoms with E-state index < -0.39 is 5.91 Å². The number of aryl methyl sites for hydroxylation is 1. The average molecular weight is 276 g/mol. The maximum atomic E-state index is 11.4. The molecule has 2 rings (SSSR count). The topological polar surface area (TPSA) is 65.2 Å². The normalized spacial score (nSPS) is 10.6. The number of benzene rings is 1. The lowest BCUT2D eigenvalue weighted by molar-refractivity contribution is 0.0995. The quantitative estimate of drug-likeness (QED) is 0.824. The summed E-state index contributed by atoms with van der Waals surface area (Å²) in [6.07, 6.45) is 1.61. The van der Waals surface area contributed by atoms with Gasteiger partial charge in [-0.15, -0.1) is 11.3 Å². The molecule has 4 nitrogen and oxygen atoms in total. The molecule has 0 bridgehead atoms. The van der Waals surface area contributed by atoms with E-state index in [-0.39, 0.29) is 0 Å². The molecule has 1 heterocycles. The highest BCUT2D eigenvalue weighted by atomic mass is 32.1. The summed E-state index contributed by atoms with van der Waals surface area (Å²) in [5.74, 6) is -0.467. The van der Waals surface area contributed by atoms with E-state index in [0.717, 1.165) is 28.3 Å². The lowest BCUT2D eigenvalue weighted by Crippen LogP contribution is -2.13. The molecule has 5 heteroatoms. The minimum Gasteiger partial charge on any atom is -0.385 e. The Bertz CT molecular complexity index is 552. The average Bonchev–Trinajstić information content (AvgIpc) is 2.84. The van der Waals surface area contributed by atoms with Crippen LogP contribution in [0.25, 0.3) is 10.6 Å². The number of aromatic nitrogens is 1. The molecule has 0 aliphatic heterocycles. The molecule has 0 aliphatic carbocycles. The number of nitrogens with two attached hydrogens (primary N) is 1. The molecule has 1 aromatic heterocycles. The molecule has 0 fully saturated rings. The molecule has 0 aliphatic rings. The number of nitrogens with zero attached hydrogens (tertiary/aromatic N) is 1. The standard InChI is InChI=1S/C14H16N2O2S/c1-18-9-5-8-11-12(13(15)17)16-14(19-11)10-6-3-2-4-7-10/h2-4,6-7H,5,8-9H2,1H3,(H2,15,17). The second kappa shape index (κ2) is 6.45. The fourth-order valence-electron chi connectivity index (χ4n) is 1.79. The van der Waals surface area contributed by atoms with Crippen molar-refractivity contribution in [1.29, 1.82) is 0 Å². The number of carbonyl (C=O) groups is 1. The summed E-state index contributed by atoms with van der Waals surface area (Å²) in [4.78, 5) is 16.7. The Labute approximate surface area is 116 Å². The number of ether oxygens (including phenoxy) is 1. The second-order valence-corrected chi connectivity index (χ2v) is 5.20. The van der Waals surface area contributed by atoms with Crippen LogP contribution in [0.15, 0.2) is 30.3 Å². The van der Waals surface area contributed by atoms with Crippen molar-refractivity contribution in [2.75, 3.05) is 13.7 Å². The number of thiazole rings is 1. The van der Waals surface area contributed by atoms with Crippen molar-refractivity contribution in [3.63, 3.8) is 0 Å². The summed E-state index contributed by atoms with van der Waals surface area (Å²) in [6.45, 7) is 0.663. The van der Waals surface area contributed by atoms with Gasteiger partial charge in [-0.05, 0) is 12.8 Å². The maximum absolute atomic E-state index is 11.4. The Balaban J connectivity index is 2.27. The van der Waals surface area contributed by atoms with Gasteiger partial charge in [-0.2, -0.15) is 0 Å². The van der Waals surface area contributed by atoms with Gasteiger partial charge >= 0.3 is 0 Å². The molecule has 0 radical (unpaired) electrons. The predicted octanol–water partition coefficient (Wildman–Crippen LogP) is 2.49. The van der Waals surface area contributed by atoms with Crippen LogP contribution in [0.3, 0.4) is 0 Å². The number of primary amides is 1. The third kappa shape index (κ3) is 3.39. The number of hydrogen-bond donors (Lipinski definition) is 1. The lowest BCUT2D eigenvalue weighted by Gasteiger charge is -1.98. The summed E-state index contributed by atoms with van der Waals surface area (Å²) in [5.41, 5.74) is 6.78. The number of carbonyl (C=O) groups excluding carboxylic acids is 1. The van der Waals surface area contributed by atoms with E-state index in [9.17, 15) is 4.79 Å². The van der Waals surface area contributed by atoms with Crippen LogP contribution in [0.1, 0.15) is 21.8 Å². The Morgan fingerprint density at radius 2 is 2.11 bits per heavy atom. The van der Waals surface area contributed by atoms with Crippen molar-refractivity contribution in [3.8, 4) is 10.6 Å². The first-order chi connectivity index (χ1) is 9.22. The first-order valence-electron chi connectivity index (χ1n) is 6.06. The number of hydrogen-bond acceptors (Lipinski definition) is 4. The minimum absolute atomic E-state index is 0.389. The molecule has 0 saturated heterocycles. The zero-order chi connectivity index (χ0) is 13.7. The molecular weight excluding hydrogens is 260 g/mol. The third-order valence-corrected chi connectivity index (χ3v) is 3.87. The maximum Gasteiger partial charge on any atom is 0.268 e. The van der Waals surface area contributed by atoms with Crippen LogP contribution < -0.4 is 5.73 Å². The van der Waals surface area contributed by atoms with Crippen LogP contribution in [-0.2, 0) is 11.2 Å². The number of amides is 1. The lowest BCUT2D eigenvalue weighted by atomic mass is 10.2. The van der Waals surface area contributed by atoms with Crippen molar-refractivity contribution in [3.05, 3.63) is 40.9 Å². The van der Waals surface area contributed by atoms with Crippen molar-refractivity contribution in [2.45, 2.75) is 12.8 Å². The van der Waals surface area contributed by atoms with Gasteiger partial charge in [0.25, 0.3) is 5.91 Å². The second-order valence-electron chi connectivity index (χ2n) is 4.12. The van der Waals surface area contributed by atoms with Crippen LogP contribution in [0.2, 0.25) is 0 Å². The van der Waals surface area contributed by atoms with E-state index in [1.807, 2.05) is 30.3 Å². The number of rotatable bonds is 6. The zero-order valence-electron chi connectivity index (χ0n) is 10.8. The molecular formula is C14H16N2O2S. The molecule has 100 valence electrons. The zero-order valence-corrected chi connectivity index (χ0v) is 11.6. The first kappa shape index (κ1) is 13.7. The Kier molecular flexibility index (Phi) is 4.65. The largest absolute Gasteiger partial charge is 0.385 e. The molecule has 1 amide bonds. The van der Waals surface area contributed by atoms with Crippen LogP contribution in [-0.4, -0.2) is 24.6 Å². The van der Waals surface area contributed by atoms with E-state index in [1.165, 1.54) is 11.3 Å². The molecule has 0 atom stereocenters. The van der Waals surface area contributed by atoms with Gasteiger partial charge in [0, 0.05) is 24.2 Å². The molecule has 1 aromatic carbocycles. The summed E-state index contributed by atoms with van der Waals surface area (Å²) >= 11 is 1.52. The van der Waals surface area contributed by atoms with Gasteiger partial charge in [0.1, 0.15) is 10.7 Å². The SMILES string of the molecule is COCCCc1sc(-c2ccccc2)nc1C(N)=O. The molecule has 0 unspecified atom stereocenters. The van der Waals surface area contributed by atoms with Crippen LogP contribution in [0.5, 0.6) is 0 Å². The molecule has 2 N–H and O–H groups in total. The highest BCUT2D eigenvalue weighted by Crippen LogP contribution is 2.28. The molecule has 0 saturated carbocycles. The van der Waals surface area contributed by atoms with E-state index in [1.54, 1.807) is 7.11 Å². The summed E-state index contributed by atoms with van der Waals surface area (Å²) < 4.78 is 5.02. The van der Waals surface area contributed by atoms with Crippen molar-refractivity contribution >= 4 is 17.2 Å². The summed E-state index contributed by atoms with van der Waals surface area (Å²) in [6, 6.07) is 9.80. The van der Waals surface area contributed by atoms with Gasteiger partial charge < -0.3 is 10.5 Å². The van der Waals surface area contributed by atoms with Crippen LogP contribution >= 0.6 is 11.3 Å². The monoisotopic (exact) mass is 276 g/mol. The van der Waals surface area contributed by atoms with Gasteiger partial charge in [-0.3, -0.25) is 4.79 Å². The molecule has 2 aromatic rings. The van der Waals surface area contributed by atoms with Gasteiger partial charge in [0.05, 0.1) is 0 Å². The molecule has 0 spiro atoms. The van der Waals surface area contributed by atoms with Crippen LogP contribution in [0, 0.1) is 0 Å². The van der Waals surface area contributed by atoms with E-state index in [2.05, 4.69) is 4.98 Å². The fraction of sp³-hybridized carbons (Fsp3) is 0.286. The van der Waals surface area contributed by atoms with Gasteiger partial charge in [0.2, 0.25) is 0 Å². The van der Waals surface area contributed by atoms with Gasteiger partial charge in [-0.25, -0.2) is 4.98 Å². The highest BCUT2D eigenvalue weighted by Gasteiger charge is 2.16. The third-order valence-electron chi connectivity index (χ3n) is 2.70. The van der Waals surface area contributed by atoms with Crippen molar-refractivity contribution in [2.24, 2.45) is 5.73 Å². The smallest absolute Gasteiger partial charge is 0.268 e. The number of methoxy groups -OCH3 is 1. The van der Waals surface area contributed by atoms with E-state index in [4.69, 9.17) is 10.5 Å². The van der Waals surface area contributed by atoms with Crippen molar-refractivity contribution in [1.82, 2.24) is 4.98 Å². The Hall–Kier alpha value is -1.72. The molecule has 19 heavy (non-hydrogen) atoms. The van der Waals surface area contributed by atoms with Gasteiger partial charge in [-0.1, -0.05) is 30.3 Å². The predicted molar refractivity (Wildman–Crippen MR) is 76.3 cm³/mol. The van der Waals surface area contributed by atoms with Gasteiger partial charge in [0.15, 0.2) is 0 Å². The van der Waals surface area contributed by atoms with Crippen molar-refractivity contribution < 1.29 is 9.53 Å². The Morgan fingerprint density at radius 1 is 1.37 bits per heavy atom. The van der Waals surface area contributed by atoms with E-state index >= 15 is 0 Å².